The predicted octanol–water partition coefficient (Wildman–Crippen LogP) is -4.37. The summed E-state index contributed by atoms with van der Waals surface area (Å²) < 4.78 is 7.52. The Hall–Kier alpha value is -0.980. The van der Waals surface area contributed by atoms with Gasteiger partial charge in [0.25, 0.3) is 0 Å². The number of imidazole rings is 1. The van der Waals surface area contributed by atoms with Gasteiger partial charge in [-0.05, 0) is 17.4 Å². The molecule has 3 heterocycles. The molecular weight excluding hydrogens is 412 g/mol. The van der Waals surface area contributed by atoms with E-state index in [1.165, 1.54) is 12.7 Å². The van der Waals surface area contributed by atoms with E-state index in [0.717, 1.165) is 12.2 Å². The lowest BCUT2D eigenvalue weighted by Gasteiger charge is -2.16. The van der Waals surface area contributed by atoms with Gasteiger partial charge in [-0.2, -0.15) is 0 Å². The van der Waals surface area contributed by atoms with Crippen LogP contribution in [0.3, 0.4) is 0 Å². The summed E-state index contributed by atoms with van der Waals surface area (Å²) in [5.74, 6) is 1.93. The van der Waals surface area contributed by atoms with Gasteiger partial charge in [-0.25, -0.2) is 15.0 Å². The van der Waals surface area contributed by atoms with Crippen LogP contribution in [-0.2, 0) is 15.6 Å². The van der Waals surface area contributed by atoms with Crippen LogP contribution >= 0.6 is 0 Å². The number of fused-ring (bicyclic) bond motifs is 1. The Balaban J connectivity index is 0.00000225. The van der Waals surface area contributed by atoms with Gasteiger partial charge in [-0.1, -0.05) is 0 Å². The molecule has 0 amide bonds. The Morgan fingerprint density at radius 3 is 2.76 bits per heavy atom. The van der Waals surface area contributed by atoms with Crippen molar-refractivity contribution in [2.45, 2.75) is 31.0 Å². The van der Waals surface area contributed by atoms with Crippen LogP contribution in [0.25, 0.3) is 11.2 Å². The molecule has 140 valence electrons. The molecule has 3 rings (SSSR count). The zero-order chi connectivity index (χ0) is 17.3. The molecule has 1 aliphatic rings. The molecule has 0 aliphatic carbocycles. The van der Waals surface area contributed by atoms with Crippen molar-refractivity contribution in [1.29, 1.82) is 0 Å². The zero-order valence-electron chi connectivity index (χ0n) is 13.8. The molecule has 25 heavy (non-hydrogen) atoms. The first-order chi connectivity index (χ1) is 11.5. The van der Waals surface area contributed by atoms with E-state index >= 15 is 0 Å². The molecule has 5 atom stereocenters. The van der Waals surface area contributed by atoms with Gasteiger partial charge in [0.1, 0.15) is 41.7 Å². The lowest BCUT2D eigenvalue weighted by atomic mass is 10.1. The second kappa shape index (κ2) is 8.60. The number of rotatable bonds is 6. The van der Waals surface area contributed by atoms with Crippen LogP contribution < -0.4 is 28.4 Å². The first kappa shape index (κ1) is 20.3. The first-order valence-corrected chi connectivity index (χ1v) is 9.74. The first-order valence-electron chi connectivity index (χ1n) is 7.76. The average molecular weight is 435 g/mol. The third-order valence-electron chi connectivity index (χ3n) is 4.14. The molecule has 9 nitrogen and oxygen atoms in total. The van der Waals surface area contributed by atoms with Crippen molar-refractivity contribution in [1.82, 2.24) is 19.5 Å². The SMILES string of the molecule is C[S+](CCCN)C[C@H]1OC(n2cnc3c(N)ncnc32)[C@H](O)[C@@H]1O.[Br-]. The third-order valence-corrected chi connectivity index (χ3v) is 6.03. The monoisotopic (exact) mass is 434 g/mol. The largest absolute Gasteiger partial charge is 1.00 e. The maximum atomic E-state index is 10.4. The molecule has 11 heteroatoms. The number of aliphatic hydroxyl groups is 2. The molecule has 2 aromatic rings. The van der Waals surface area contributed by atoms with Crippen LogP contribution in [0.2, 0.25) is 0 Å². The van der Waals surface area contributed by atoms with Crippen LogP contribution in [0.5, 0.6) is 0 Å². The van der Waals surface area contributed by atoms with Crippen molar-refractivity contribution in [3.8, 4) is 0 Å². The fraction of sp³-hybridized carbons (Fsp3) is 0.643. The van der Waals surface area contributed by atoms with E-state index in [4.69, 9.17) is 16.2 Å². The summed E-state index contributed by atoms with van der Waals surface area (Å²) in [5, 5.41) is 20.7. The van der Waals surface area contributed by atoms with E-state index in [2.05, 4.69) is 21.2 Å². The number of aliphatic hydroxyl groups excluding tert-OH is 2. The molecule has 2 unspecified atom stereocenters. The minimum Gasteiger partial charge on any atom is -1.00 e. The van der Waals surface area contributed by atoms with Gasteiger partial charge in [-0.15, -0.1) is 0 Å². The molecular formula is C14H23BrN6O3S. The molecule has 1 fully saturated rings. The van der Waals surface area contributed by atoms with E-state index in [9.17, 15) is 10.2 Å². The molecule has 1 aliphatic heterocycles. The van der Waals surface area contributed by atoms with E-state index in [0.29, 0.717) is 23.5 Å². The summed E-state index contributed by atoms with van der Waals surface area (Å²) in [6.45, 7) is 0.652. The maximum absolute atomic E-state index is 10.4. The van der Waals surface area contributed by atoms with Crippen molar-refractivity contribution in [3.63, 3.8) is 0 Å². The highest BCUT2D eigenvalue weighted by atomic mass is 79.9. The molecule has 0 bridgehead atoms. The minimum absolute atomic E-state index is 0. The highest BCUT2D eigenvalue weighted by molar-refractivity contribution is 7.96. The van der Waals surface area contributed by atoms with Gasteiger partial charge in [0.2, 0.25) is 0 Å². The summed E-state index contributed by atoms with van der Waals surface area (Å²) in [4.78, 5) is 12.2. The second-order valence-corrected chi connectivity index (χ2v) is 8.23. The lowest BCUT2D eigenvalue weighted by Crippen LogP contribution is -3.00. The van der Waals surface area contributed by atoms with Gasteiger partial charge in [0, 0.05) is 6.42 Å². The van der Waals surface area contributed by atoms with E-state index in [1.54, 1.807) is 4.57 Å². The van der Waals surface area contributed by atoms with E-state index < -0.39 is 24.5 Å². The molecule has 0 saturated carbocycles. The Morgan fingerprint density at radius 1 is 1.28 bits per heavy atom. The lowest BCUT2D eigenvalue weighted by molar-refractivity contribution is -0.0290. The predicted molar refractivity (Wildman–Crippen MR) is 92.4 cm³/mol. The molecule has 1 saturated heterocycles. The van der Waals surface area contributed by atoms with E-state index in [1.807, 2.05) is 0 Å². The van der Waals surface area contributed by atoms with Gasteiger partial charge in [0.15, 0.2) is 17.7 Å². The highest BCUT2D eigenvalue weighted by Crippen LogP contribution is 2.32. The number of anilines is 1. The third kappa shape index (κ3) is 4.07. The van der Waals surface area contributed by atoms with Crippen molar-refractivity contribution in [2.24, 2.45) is 5.73 Å². The highest BCUT2D eigenvalue weighted by Gasteiger charge is 2.46. The number of nitrogen functional groups attached to an aromatic ring is 1. The fourth-order valence-corrected chi connectivity index (χ4v) is 4.51. The molecule has 0 aromatic carbocycles. The van der Waals surface area contributed by atoms with Crippen molar-refractivity contribution >= 4 is 27.9 Å². The Bertz CT molecular complexity index is 704. The Kier molecular flexibility index (Phi) is 7.00. The normalized spacial score (nSPS) is 27.4. The number of aromatic nitrogens is 4. The second-order valence-electron chi connectivity index (χ2n) is 5.92. The van der Waals surface area contributed by atoms with Crippen LogP contribution in [0, 0.1) is 0 Å². The molecule has 2 aromatic heterocycles. The van der Waals surface area contributed by atoms with Gasteiger partial charge >= 0.3 is 0 Å². The average Bonchev–Trinajstić information content (AvgIpc) is 3.10. The summed E-state index contributed by atoms with van der Waals surface area (Å²) in [6.07, 6.45) is 2.68. The molecule has 0 spiro atoms. The van der Waals surface area contributed by atoms with Gasteiger partial charge < -0.3 is 43.4 Å². The van der Waals surface area contributed by atoms with Gasteiger partial charge in [-0.3, -0.25) is 4.57 Å². The number of nitrogens with zero attached hydrogens (tertiary/aromatic N) is 4. The number of hydrogen-bond acceptors (Lipinski definition) is 8. The summed E-state index contributed by atoms with van der Waals surface area (Å²) in [7, 11) is 0.0655. The summed E-state index contributed by atoms with van der Waals surface area (Å²) in [6, 6.07) is 0. The fourth-order valence-electron chi connectivity index (χ4n) is 2.85. The number of halogens is 1. The van der Waals surface area contributed by atoms with Crippen LogP contribution in [0.15, 0.2) is 12.7 Å². The Labute approximate surface area is 158 Å². The van der Waals surface area contributed by atoms with Crippen molar-refractivity contribution < 1.29 is 31.9 Å². The maximum Gasteiger partial charge on any atom is 0.167 e. The van der Waals surface area contributed by atoms with Crippen LogP contribution in [-0.4, -0.2) is 72.4 Å². The zero-order valence-corrected chi connectivity index (χ0v) is 16.2. The smallest absolute Gasteiger partial charge is 0.167 e. The topological polar surface area (TPSA) is 145 Å². The number of hydrogen-bond donors (Lipinski definition) is 4. The van der Waals surface area contributed by atoms with Gasteiger partial charge in [0.05, 0.1) is 12.6 Å². The standard InChI is InChI=1S/C14H23N6O3S.BrH/c1-24(4-2-3-15)5-8-10(21)11(22)14(23-8)20-7-19-9-12(16)17-6-18-13(9)20;/h6-8,10-11,14,21-22H,2-5,15H2,1H3,(H2,16,17,18);1H/q+1;/p-1/t8-,10-,11-,14?,24?;/m1./s1. The molecule has 0 radical (unpaired) electrons. The minimum atomic E-state index is -1.06. The Morgan fingerprint density at radius 2 is 2.04 bits per heavy atom. The van der Waals surface area contributed by atoms with Crippen molar-refractivity contribution in [3.05, 3.63) is 12.7 Å². The number of ether oxygens (including phenoxy) is 1. The van der Waals surface area contributed by atoms with Crippen molar-refractivity contribution in [2.75, 3.05) is 30.0 Å². The van der Waals surface area contributed by atoms with Crippen LogP contribution in [0.1, 0.15) is 12.6 Å². The summed E-state index contributed by atoms with van der Waals surface area (Å²) in [5.41, 5.74) is 12.2. The van der Waals surface area contributed by atoms with E-state index in [-0.39, 0.29) is 33.7 Å². The molecule has 6 N–H and O–H groups in total. The number of nitrogens with two attached hydrogens (primary N) is 2. The quantitative estimate of drug-likeness (QED) is 0.333. The summed E-state index contributed by atoms with van der Waals surface area (Å²) >= 11 is 0. The van der Waals surface area contributed by atoms with Crippen LogP contribution in [0.4, 0.5) is 5.82 Å².